The monoisotopic (exact) mass is 473 g/mol. The number of alkyl halides is 2. The largest absolute Gasteiger partial charge is 0.386 e. The molecule has 1 aromatic rings. The highest BCUT2D eigenvalue weighted by molar-refractivity contribution is 7.88. The summed E-state index contributed by atoms with van der Waals surface area (Å²) >= 11 is 0. The number of esters is 2. The van der Waals surface area contributed by atoms with Gasteiger partial charge < -0.3 is 8.92 Å². The van der Waals surface area contributed by atoms with E-state index in [9.17, 15) is 45.3 Å². The summed E-state index contributed by atoms with van der Waals surface area (Å²) in [7, 11) is -10.9. The van der Waals surface area contributed by atoms with E-state index in [0.717, 1.165) is 6.07 Å². The molecule has 1 N–H and O–H groups in total. The molecule has 1 rings (SSSR count). The van der Waals surface area contributed by atoms with E-state index in [1.807, 2.05) is 0 Å². The Morgan fingerprint density at radius 3 is 2.30 bits per heavy atom. The molecule has 16 heteroatoms. The van der Waals surface area contributed by atoms with E-state index in [0.29, 0.717) is 12.1 Å². The van der Waals surface area contributed by atoms with Crippen LogP contribution in [0.3, 0.4) is 0 Å². The number of carbonyl (C=O) groups is 2. The number of benzene rings is 1. The Labute approximate surface area is 168 Å². The second-order valence-electron chi connectivity index (χ2n) is 5.60. The van der Waals surface area contributed by atoms with Crippen molar-refractivity contribution in [1.82, 2.24) is 0 Å². The van der Waals surface area contributed by atoms with Gasteiger partial charge >= 0.3 is 43.1 Å². The van der Waals surface area contributed by atoms with Crippen molar-refractivity contribution in [3.63, 3.8) is 0 Å². The predicted molar refractivity (Wildman–Crippen MR) is 93.9 cm³/mol. The number of nitro groups is 1. The summed E-state index contributed by atoms with van der Waals surface area (Å²) in [6, 6.07) is 1.92. The van der Waals surface area contributed by atoms with E-state index in [2.05, 4.69) is 15.5 Å². The molecule has 0 aromatic heterocycles. The summed E-state index contributed by atoms with van der Waals surface area (Å²) < 4.78 is 87.9. The number of halogens is 2. The normalized spacial score (nSPS) is 12.1. The van der Waals surface area contributed by atoms with Crippen LogP contribution in [-0.2, 0) is 29.8 Å². The molecule has 0 radical (unpaired) electrons. The molecule has 0 aliphatic carbocycles. The number of rotatable bonds is 9. The molecule has 0 aliphatic heterocycles. The maximum Gasteiger partial charge on any atom is 0.371 e. The van der Waals surface area contributed by atoms with E-state index < -0.39 is 71.5 Å². The van der Waals surface area contributed by atoms with Gasteiger partial charge in [-0.05, 0) is 19.1 Å². The topological polar surface area (TPSA) is 184 Å². The van der Waals surface area contributed by atoms with Crippen LogP contribution >= 0.6 is 0 Å². The molecule has 0 spiro atoms. The zero-order valence-electron chi connectivity index (χ0n) is 14.9. The summed E-state index contributed by atoms with van der Waals surface area (Å²) in [4.78, 5) is 33.1. The Morgan fingerprint density at radius 1 is 1.27 bits per heavy atom. The number of nitrogens with zero attached hydrogens (tertiary/aromatic N) is 1. The third kappa shape index (κ3) is 6.53. The lowest BCUT2D eigenvalue weighted by molar-refractivity contribution is -0.385. The molecular formula is C14H13F2NO11S2. The molecule has 0 unspecified atom stereocenters. The van der Waals surface area contributed by atoms with E-state index in [-0.39, 0.29) is 5.57 Å². The summed E-state index contributed by atoms with van der Waals surface area (Å²) in [5.74, 6) is -5.06. The quantitative estimate of drug-likeness (QED) is 0.104. The fourth-order valence-electron chi connectivity index (χ4n) is 1.64. The Hall–Kier alpha value is -2.98. The van der Waals surface area contributed by atoms with Crippen molar-refractivity contribution < 1.29 is 53.6 Å². The molecular weight excluding hydrogens is 460 g/mol. The van der Waals surface area contributed by atoms with Gasteiger partial charge in [-0.2, -0.15) is 25.6 Å². The SMILES string of the molecule is C=C(C)C(=O)OC(=O)c1ccc(OS(=O)(=O)CCC(F)(F)S(=O)(=O)O)c([N+](=O)[O-])c1. The molecule has 0 atom stereocenters. The standard InChI is InChI=1S/C14H13F2NO11S2/c1-8(2)12(18)27-13(19)9-3-4-11(10(7-9)17(20)21)28-29(22,23)6-5-14(15,16)30(24,25)26/h3-4,7H,1,5-6H2,2H3,(H,24,25,26). The van der Waals surface area contributed by atoms with Crippen LogP contribution in [0.5, 0.6) is 5.75 Å². The van der Waals surface area contributed by atoms with Crippen molar-refractivity contribution in [2.24, 2.45) is 0 Å². The van der Waals surface area contributed by atoms with E-state index in [4.69, 9.17) is 4.55 Å². The number of nitro benzene ring substituents is 1. The van der Waals surface area contributed by atoms with Gasteiger partial charge in [0.1, 0.15) is 0 Å². The van der Waals surface area contributed by atoms with Gasteiger partial charge in [-0.25, -0.2) is 9.59 Å². The first-order valence-corrected chi connectivity index (χ1v) is 10.5. The molecule has 0 bridgehead atoms. The smallest absolute Gasteiger partial charge is 0.371 e. The third-order valence-corrected chi connectivity index (χ3v) is 5.26. The molecule has 0 saturated carbocycles. The number of hydrogen-bond acceptors (Lipinski definition) is 10. The molecule has 0 saturated heterocycles. The van der Waals surface area contributed by atoms with Crippen molar-refractivity contribution in [2.45, 2.75) is 18.6 Å². The lowest BCUT2D eigenvalue weighted by Gasteiger charge is -2.13. The number of ether oxygens (including phenoxy) is 1. The van der Waals surface area contributed by atoms with Gasteiger partial charge in [-0.15, -0.1) is 0 Å². The Morgan fingerprint density at radius 2 is 1.83 bits per heavy atom. The fraction of sp³-hybridized carbons (Fsp3) is 0.286. The highest BCUT2D eigenvalue weighted by Gasteiger charge is 2.45. The van der Waals surface area contributed by atoms with Crippen molar-refractivity contribution in [2.75, 3.05) is 5.75 Å². The van der Waals surface area contributed by atoms with Crippen molar-refractivity contribution in [3.8, 4) is 5.75 Å². The highest BCUT2D eigenvalue weighted by atomic mass is 32.2. The van der Waals surface area contributed by atoms with Gasteiger partial charge in [0.05, 0.1) is 16.2 Å². The van der Waals surface area contributed by atoms with Gasteiger partial charge in [0.25, 0.3) is 0 Å². The van der Waals surface area contributed by atoms with Gasteiger partial charge in [-0.3, -0.25) is 14.7 Å². The second kappa shape index (κ2) is 8.80. The molecule has 12 nitrogen and oxygen atoms in total. The summed E-state index contributed by atoms with van der Waals surface area (Å²) in [6.07, 6.45) is -1.89. The van der Waals surface area contributed by atoms with E-state index >= 15 is 0 Å². The molecule has 30 heavy (non-hydrogen) atoms. The lowest BCUT2D eigenvalue weighted by atomic mass is 10.2. The zero-order chi connectivity index (χ0) is 23.5. The number of hydrogen-bond donors (Lipinski definition) is 1. The predicted octanol–water partition coefficient (Wildman–Crippen LogP) is 1.43. The van der Waals surface area contributed by atoms with E-state index in [1.54, 1.807) is 0 Å². The average molecular weight is 473 g/mol. The Kier molecular flexibility index (Phi) is 7.35. The van der Waals surface area contributed by atoms with Crippen molar-refractivity contribution >= 4 is 37.9 Å². The van der Waals surface area contributed by atoms with Gasteiger partial charge in [0.15, 0.2) is 0 Å². The minimum Gasteiger partial charge on any atom is -0.386 e. The van der Waals surface area contributed by atoms with Crippen LogP contribution in [0.15, 0.2) is 30.4 Å². The molecule has 0 aliphatic rings. The van der Waals surface area contributed by atoms with Gasteiger partial charge in [0.2, 0.25) is 5.75 Å². The molecule has 1 aromatic carbocycles. The number of carbonyl (C=O) groups excluding carboxylic acids is 2. The lowest BCUT2D eigenvalue weighted by Crippen LogP contribution is -2.31. The molecule has 0 fully saturated rings. The highest BCUT2D eigenvalue weighted by Crippen LogP contribution is 2.31. The first kappa shape index (κ1) is 25.1. The molecule has 0 heterocycles. The maximum absolute atomic E-state index is 13.2. The van der Waals surface area contributed by atoms with Crippen LogP contribution in [0.25, 0.3) is 0 Å². The van der Waals surface area contributed by atoms with Crippen LogP contribution in [0.4, 0.5) is 14.5 Å². The van der Waals surface area contributed by atoms with Crippen molar-refractivity contribution in [1.29, 1.82) is 0 Å². The summed E-state index contributed by atoms with van der Waals surface area (Å²) in [5, 5.41) is 6.32. The average Bonchev–Trinajstić information content (AvgIpc) is 2.58. The second-order valence-corrected chi connectivity index (χ2v) is 8.84. The third-order valence-electron chi connectivity index (χ3n) is 3.16. The van der Waals surface area contributed by atoms with Crippen LogP contribution in [0, 0.1) is 10.1 Å². The van der Waals surface area contributed by atoms with Gasteiger partial charge in [0, 0.05) is 18.1 Å². The van der Waals surface area contributed by atoms with Crippen LogP contribution < -0.4 is 4.18 Å². The van der Waals surface area contributed by atoms with Crippen LogP contribution in [-0.4, -0.2) is 49.3 Å². The Bertz CT molecular complexity index is 1110. The van der Waals surface area contributed by atoms with Crippen LogP contribution in [0.2, 0.25) is 0 Å². The molecule has 166 valence electrons. The minimum absolute atomic E-state index is 0.148. The van der Waals surface area contributed by atoms with E-state index in [1.165, 1.54) is 6.92 Å². The first-order valence-electron chi connectivity index (χ1n) is 7.44. The fourth-order valence-corrected chi connectivity index (χ4v) is 3.13. The minimum atomic E-state index is -5.90. The van der Waals surface area contributed by atoms with Crippen molar-refractivity contribution in [3.05, 3.63) is 46.0 Å². The maximum atomic E-state index is 13.2. The van der Waals surface area contributed by atoms with Gasteiger partial charge in [-0.1, -0.05) is 6.58 Å². The summed E-state index contributed by atoms with van der Waals surface area (Å²) in [6.45, 7) is 4.45. The first-order chi connectivity index (χ1) is 13.5. The Balaban J connectivity index is 3.12. The zero-order valence-corrected chi connectivity index (χ0v) is 16.5. The molecule has 0 amide bonds. The van der Waals surface area contributed by atoms with Crippen LogP contribution in [0.1, 0.15) is 23.7 Å². The summed E-state index contributed by atoms with van der Waals surface area (Å²) in [5.41, 5.74) is -1.79.